The molecule has 0 bridgehead atoms. The van der Waals surface area contributed by atoms with E-state index in [-0.39, 0.29) is 5.91 Å². The molecule has 1 amide bonds. The van der Waals surface area contributed by atoms with E-state index >= 15 is 0 Å². The van der Waals surface area contributed by atoms with Crippen molar-refractivity contribution in [3.63, 3.8) is 0 Å². The van der Waals surface area contributed by atoms with E-state index in [2.05, 4.69) is 10.6 Å². The van der Waals surface area contributed by atoms with Crippen molar-refractivity contribution >= 4 is 5.91 Å². The molecule has 2 aliphatic rings. The van der Waals surface area contributed by atoms with Gasteiger partial charge in [-0.1, -0.05) is 38.5 Å². The molecule has 0 spiro atoms. The van der Waals surface area contributed by atoms with Crippen LogP contribution in [0.25, 0.3) is 0 Å². The summed E-state index contributed by atoms with van der Waals surface area (Å²) in [5, 5.41) is 15.9. The molecule has 0 aromatic heterocycles. The molecule has 2 fully saturated rings. The molecule has 0 aromatic rings. The Kier molecular flexibility index (Phi) is 7.51. The first kappa shape index (κ1) is 16.8. The molecule has 4 heteroatoms. The first-order chi connectivity index (χ1) is 10.3. The number of amides is 1. The van der Waals surface area contributed by atoms with Crippen LogP contribution in [0.5, 0.6) is 0 Å². The minimum Gasteiger partial charge on any atom is -0.396 e. The van der Waals surface area contributed by atoms with E-state index in [9.17, 15) is 9.90 Å². The van der Waals surface area contributed by atoms with Crippen LogP contribution in [-0.4, -0.2) is 36.8 Å². The van der Waals surface area contributed by atoms with E-state index in [0.717, 1.165) is 25.8 Å². The van der Waals surface area contributed by atoms with Crippen molar-refractivity contribution in [2.75, 3.05) is 19.7 Å². The Balaban J connectivity index is 1.61. The number of aliphatic hydroxyl groups excluding tert-OH is 1. The average Bonchev–Trinajstić information content (AvgIpc) is 2.76. The molecule has 2 atom stereocenters. The molecule has 3 N–H and O–H groups in total. The predicted octanol–water partition coefficient (Wildman–Crippen LogP) is 2.21. The summed E-state index contributed by atoms with van der Waals surface area (Å²) in [4.78, 5) is 12.0. The molecular weight excluding hydrogens is 264 g/mol. The summed E-state index contributed by atoms with van der Waals surface area (Å²) < 4.78 is 0. The van der Waals surface area contributed by atoms with E-state index in [1.165, 1.54) is 44.9 Å². The molecule has 0 aliphatic heterocycles. The lowest BCUT2D eigenvalue weighted by Gasteiger charge is -2.30. The lowest BCUT2D eigenvalue weighted by atomic mass is 9.79. The number of rotatable bonds is 6. The van der Waals surface area contributed by atoms with E-state index in [1.807, 2.05) is 0 Å². The lowest BCUT2D eigenvalue weighted by Crippen LogP contribution is -2.42. The Labute approximate surface area is 129 Å². The SMILES string of the molecule is O=C(CNCC1CCCCC1CO)NC1CCCCCC1. The maximum atomic E-state index is 12.0. The molecule has 0 saturated heterocycles. The summed E-state index contributed by atoms with van der Waals surface area (Å²) >= 11 is 0. The van der Waals surface area contributed by atoms with Gasteiger partial charge in [0.25, 0.3) is 0 Å². The van der Waals surface area contributed by atoms with Gasteiger partial charge < -0.3 is 15.7 Å². The second-order valence-corrected chi connectivity index (χ2v) is 6.87. The number of carbonyl (C=O) groups is 1. The van der Waals surface area contributed by atoms with Crippen molar-refractivity contribution in [2.45, 2.75) is 70.3 Å². The molecule has 0 aromatic carbocycles. The minimum absolute atomic E-state index is 0.137. The van der Waals surface area contributed by atoms with Crippen molar-refractivity contribution in [2.24, 2.45) is 11.8 Å². The van der Waals surface area contributed by atoms with Gasteiger partial charge in [0.2, 0.25) is 5.91 Å². The fourth-order valence-corrected chi connectivity index (χ4v) is 3.87. The van der Waals surface area contributed by atoms with Crippen LogP contribution in [0.15, 0.2) is 0 Å². The molecule has 0 heterocycles. The van der Waals surface area contributed by atoms with Gasteiger partial charge in [-0.2, -0.15) is 0 Å². The van der Waals surface area contributed by atoms with Gasteiger partial charge in [-0.25, -0.2) is 0 Å². The molecule has 2 saturated carbocycles. The van der Waals surface area contributed by atoms with Gasteiger partial charge in [-0.3, -0.25) is 4.79 Å². The van der Waals surface area contributed by atoms with Gasteiger partial charge in [0, 0.05) is 12.6 Å². The average molecular weight is 296 g/mol. The highest BCUT2D eigenvalue weighted by molar-refractivity contribution is 5.78. The fourth-order valence-electron chi connectivity index (χ4n) is 3.87. The molecule has 122 valence electrons. The van der Waals surface area contributed by atoms with E-state index in [0.29, 0.717) is 31.0 Å². The minimum atomic E-state index is 0.137. The highest BCUT2D eigenvalue weighted by atomic mass is 16.3. The molecule has 2 rings (SSSR count). The summed E-state index contributed by atoms with van der Waals surface area (Å²) in [6, 6.07) is 0.390. The molecule has 4 nitrogen and oxygen atoms in total. The van der Waals surface area contributed by atoms with Gasteiger partial charge in [-0.15, -0.1) is 0 Å². The third-order valence-electron chi connectivity index (χ3n) is 5.21. The molecule has 21 heavy (non-hydrogen) atoms. The van der Waals surface area contributed by atoms with Crippen LogP contribution in [-0.2, 0) is 4.79 Å². The van der Waals surface area contributed by atoms with E-state index < -0.39 is 0 Å². The second-order valence-electron chi connectivity index (χ2n) is 6.87. The van der Waals surface area contributed by atoms with Crippen LogP contribution in [0.3, 0.4) is 0 Å². The van der Waals surface area contributed by atoms with Gasteiger partial charge in [0.1, 0.15) is 0 Å². The Morgan fingerprint density at radius 1 is 0.905 bits per heavy atom. The van der Waals surface area contributed by atoms with Gasteiger partial charge in [0.15, 0.2) is 0 Å². The third kappa shape index (κ3) is 5.95. The number of aliphatic hydroxyl groups is 1. The van der Waals surface area contributed by atoms with Crippen LogP contribution >= 0.6 is 0 Å². The van der Waals surface area contributed by atoms with Crippen molar-refractivity contribution < 1.29 is 9.90 Å². The van der Waals surface area contributed by atoms with Crippen molar-refractivity contribution in [1.82, 2.24) is 10.6 Å². The van der Waals surface area contributed by atoms with E-state index in [1.54, 1.807) is 0 Å². The Hall–Kier alpha value is -0.610. The number of nitrogens with one attached hydrogen (secondary N) is 2. The first-order valence-electron chi connectivity index (χ1n) is 8.90. The fraction of sp³-hybridized carbons (Fsp3) is 0.941. The topological polar surface area (TPSA) is 61.4 Å². The van der Waals surface area contributed by atoms with Crippen LogP contribution < -0.4 is 10.6 Å². The Morgan fingerprint density at radius 3 is 2.19 bits per heavy atom. The summed E-state index contributed by atoms with van der Waals surface area (Å²) in [6.45, 7) is 1.58. The van der Waals surface area contributed by atoms with Crippen LogP contribution in [0.4, 0.5) is 0 Å². The second kappa shape index (κ2) is 9.42. The Morgan fingerprint density at radius 2 is 1.52 bits per heavy atom. The quantitative estimate of drug-likeness (QED) is 0.659. The zero-order valence-electron chi connectivity index (χ0n) is 13.3. The smallest absolute Gasteiger partial charge is 0.234 e. The monoisotopic (exact) mass is 296 g/mol. The first-order valence-corrected chi connectivity index (χ1v) is 8.90. The van der Waals surface area contributed by atoms with Crippen LogP contribution in [0, 0.1) is 11.8 Å². The maximum absolute atomic E-state index is 12.0. The van der Waals surface area contributed by atoms with Gasteiger partial charge >= 0.3 is 0 Å². The highest BCUT2D eigenvalue weighted by Crippen LogP contribution is 2.28. The summed E-state index contributed by atoms with van der Waals surface area (Å²) in [5.74, 6) is 1.10. The zero-order valence-corrected chi connectivity index (χ0v) is 13.3. The third-order valence-corrected chi connectivity index (χ3v) is 5.21. The summed E-state index contributed by atoms with van der Waals surface area (Å²) in [7, 11) is 0. The van der Waals surface area contributed by atoms with Gasteiger partial charge in [0.05, 0.1) is 6.54 Å². The van der Waals surface area contributed by atoms with E-state index in [4.69, 9.17) is 0 Å². The summed E-state index contributed by atoms with van der Waals surface area (Å²) in [5.41, 5.74) is 0. The predicted molar refractivity (Wildman–Crippen MR) is 85.0 cm³/mol. The van der Waals surface area contributed by atoms with Crippen molar-refractivity contribution in [3.05, 3.63) is 0 Å². The lowest BCUT2D eigenvalue weighted by molar-refractivity contribution is -0.121. The van der Waals surface area contributed by atoms with Gasteiger partial charge in [-0.05, 0) is 44.1 Å². The largest absolute Gasteiger partial charge is 0.396 e. The summed E-state index contributed by atoms with van der Waals surface area (Å²) in [6.07, 6.45) is 12.2. The maximum Gasteiger partial charge on any atom is 0.234 e. The zero-order chi connectivity index (χ0) is 14.9. The molecular formula is C17H32N2O2. The standard InChI is InChI=1S/C17H32N2O2/c20-13-15-8-6-5-7-14(15)11-18-12-17(21)19-16-9-3-1-2-4-10-16/h14-16,18,20H,1-13H2,(H,19,21). The number of hydrogen-bond donors (Lipinski definition) is 3. The highest BCUT2D eigenvalue weighted by Gasteiger charge is 2.24. The molecule has 2 unspecified atom stereocenters. The molecule has 0 radical (unpaired) electrons. The van der Waals surface area contributed by atoms with Crippen LogP contribution in [0.2, 0.25) is 0 Å². The number of hydrogen-bond acceptors (Lipinski definition) is 3. The van der Waals surface area contributed by atoms with Crippen molar-refractivity contribution in [3.8, 4) is 0 Å². The van der Waals surface area contributed by atoms with Crippen molar-refractivity contribution in [1.29, 1.82) is 0 Å². The number of carbonyl (C=O) groups excluding carboxylic acids is 1. The van der Waals surface area contributed by atoms with Crippen LogP contribution in [0.1, 0.15) is 64.2 Å². The molecule has 2 aliphatic carbocycles. The Bertz CT molecular complexity index is 301. The normalized spacial score (nSPS) is 28.0.